The maximum Gasteiger partial charge on any atom is 0.319 e. The molecule has 2 rings (SSSR count). The number of hydrogen-bond donors (Lipinski definition) is 4. The van der Waals surface area contributed by atoms with Gasteiger partial charge < -0.3 is 25.7 Å². The summed E-state index contributed by atoms with van der Waals surface area (Å²) in [7, 11) is 0. The first-order valence-electron chi connectivity index (χ1n) is 7.37. The molecular weight excluding hydrogens is 286 g/mol. The van der Waals surface area contributed by atoms with Crippen LogP contribution in [-0.2, 0) is 4.79 Å². The number of urea groups is 1. The molecule has 1 aromatic rings. The molecule has 0 bridgehead atoms. The molecule has 1 aliphatic rings. The Hall–Kier alpha value is -2.44. The van der Waals surface area contributed by atoms with E-state index in [2.05, 4.69) is 10.6 Å². The lowest BCUT2D eigenvalue weighted by molar-refractivity contribution is -0.131. The fourth-order valence-electron chi connectivity index (χ4n) is 2.45. The van der Waals surface area contributed by atoms with Crippen LogP contribution in [0.3, 0.4) is 0 Å². The molecule has 0 atom stereocenters. The number of phenolic OH excluding ortho intramolecular Hbond substituents is 2. The summed E-state index contributed by atoms with van der Waals surface area (Å²) >= 11 is 0. The third-order valence-corrected chi connectivity index (χ3v) is 3.72. The van der Waals surface area contributed by atoms with Crippen LogP contribution in [-0.4, -0.2) is 46.2 Å². The molecule has 1 saturated heterocycles. The van der Waals surface area contributed by atoms with Gasteiger partial charge in [0.1, 0.15) is 0 Å². The molecule has 22 heavy (non-hydrogen) atoms. The number of piperidine rings is 1. The van der Waals surface area contributed by atoms with Crippen LogP contribution in [0, 0.1) is 0 Å². The largest absolute Gasteiger partial charge is 0.504 e. The third kappa shape index (κ3) is 4.03. The summed E-state index contributed by atoms with van der Waals surface area (Å²) in [5, 5.41) is 24.0. The Labute approximate surface area is 128 Å². The van der Waals surface area contributed by atoms with Crippen molar-refractivity contribution in [3.63, 3.8) is 0 Å². The van der Waals surface area contributed by atoms with Gasteiger partial charge in [-0.25, -0.2) is 4.79 Å². The second-order valence-corrected chi connectivity index (χ2v) is 5.31. The summed E-state index contributed by atoms with van der Waals surface area (Å²) in [6.07, 6.45) is 1.95. The molecule has 0 unspecified atom stereocenters. The van der Waals surface area contributed by atoms with Gasteiger partial charge in [0.2, 0.25) is 5.91 Å². The van der Waals surface area contributed by atoms with Gasteiger partial charge in [0.05, 0.1) is 0 Å². The number of likely N-dealkylation sites (tertiary alicyclic amines) is 1. The van der Waals surface area contributed by atoms with Gasteiger partial charge >= 0.3 is 6.03 Å². The van der Waals surface area contributed by atoms with Crippen LogP contribution in [0.25, 0.3) is 0 Å². The first-order valence-corrected chi connectivity index (χ1v) is 7.37. The molecule has 0 aliphatic carbocycles. The lowest BCUT2D eigenvalue weighted by atomic mass is 10.0. The van der Waals surface area contributed by atoms with Gasteiger partial charge in [-0.2, -0.15) is 0 Å². The van der Waals surface area contributed by atoms with Crippen molar-refractivity contribution in [1.82, 2.24) is 10.2 Å². The Balaban J connectivity index is 1.80. The van der Waals surface area contributed by atoms with E-state index in [1.165, 1.54) is 18.2 Å². The molecule has 1 aliphatic heterocycles. The Morgan fingerprint density at radius 1 is 1.23 bits per heavy atom. The number of hydrogen-bond acceptors (Lipinski definition) is 4. The fraction of sp³-hybridized carbons (Fsp3) is 0.467. The number of amides is 3. The van der Waals surface area contributed by atoms with E-state index < -0.39 is 0 Å². The molecule has 3 amide bonds. The monoisotopic (exact) mass is 307 g/mol. The lowest BCUT2D eigenvalue weighted by Gasteiger charge is -2.32. The molecule has 1 heterocycles. The molecule has 0 saturated carbocycles. The zero-order chi connectivity index (χ0) is 16.1. The molecule has 1 fully saturated rings. The second-order valence-electron chi connectivity index (χ2n) is 5.31. The van der Waals surface area contributed by atoms with E-state index in [0.29, 0.717) is 25.2 Å². The normalized spacial score (nSPS) is 15.4. The van der Waals surface area contributed by atoms with Gasteiger partial charge in [-0.1, -0.05) is 6.92 Å². The van der Waals surface area contributed by atoms with Crippen molar-refractivity contribution in [3.8, 4) is 11.5 Å². The number of nitrogens with one attached hydrogen (secondary N) is 2. The molecule has 1 aromatic carbocycles. The van der Waals surface area contributed by atoms with Crippen molar-refractivity contribution in [2.45, 2.75) is 32.2 Å². The molecule has 120 valence electrons. The van der Waals surface area contributed by atoms with Crippen molar-refractivity contribution in [3.05, 3.63) is 18.2 Å². The van der Waals surface area contributed by atoms with E-state index in [1.807, 2.05) is 11.8 Å². The van der Waals surface area contributed by atoms with Crippen LogP contribution in [0.2, 0.25) is 0 Å². The molecule has 7 heteroatoms. The van der Waals surface area contributed by atoms with Crippen molar-refractivity contribution < 1.29 is 19.8 Å². The van der Waals surface area contributed by atoms with Crippen LogP contribution in [0.5, 0.6) is 11.5 Å². The molecule has 4 N–H and O–H groups in total. The highest BCUT2D eigenvalue weighted by Crippen LogP contribution is 2.27. The fourth-order valence-corrected chi connectivity index (χ4v) is 2.45. The Bertz CT molecular complexity index is 554. The minimum absolute atomic E-state index is 0.0200. The predicted molar refractivity (Wildman–Crippen MR) is 81.8 cm³/mol. The summed E-state index contributed by atoms with van der Waals surface area (Å²) in [6.45, 7) is 3.14. The maximum atomic E-state index is 11.9. The number of rotatable bonds is 3. The highest BCUT2D eigenvalue weighted by molar-refractivity contribution is 5.89. The predicted octanol–water partition coefficient (Wildman–Crippen LogP) is 1.62. The minimum atomic E-state index is -0.370. The molecule has 0 spiro atoms. The highest BCUT2D eigenvalue weighted by Gasteiger charge is 2.22. The van der Waals surface area contributed by atoms with Crippen LogP contribution in [0.15, 0.2) is 18.2 Å². The van der Waals surface area contributed by atoms with Gasteiger partial charge in [0.25, 0.3) is 0 Å². The molecule has 0 radical (unpaired) electrons. The number of nitrogens with zero attached hydrogens (tertiary/aromatic N) is 1. The van der Waals surface area contributed by atoms with E-state index in [0.717, 1.165) is 12.8 Å². The number of benzene rings is 1. The summed E-state index contributed by atoms with van der Waals surface area (Å²) in [5.74, 6) is -0.384. The Kier molecular flexibility index (Phi) is 5.08. The standard InChI is InChI=1S/C15H21N3O4/c1-2-14(21)18-7-5-10(6-8-18)16-15(22)17-11-3-4-12(19)13(20)9-11/h3-4,9-10,19-20H,2,5-8H2,1H3,(H2,16,17,22). The lowest BCUT2D eigenvalue weighted by Crippen LogP contribution is -2.47. The number of aromatic hydroxyl groups is 2. The number of carbonyl (C=O) groups is 2. The van der Waals surface area contributed by atoms with Crippen LogP contribution >= 0.6 is 0 Å². The topological polar surface area (TPSA) is 102 Å². The SMILES string of the molecule is CCC(=O)N1CCC(NC(=O)Nc2ccc(O)c(O)c2)CC1. The van der Waals surface area contributed by atoms with Crippen molar-refractivity contribution >= 4 is 17.6 Å². The van der Waals surface area contributed by atoms with Crippen LogP contribution < -0.4 is 10.6 Å². The number of phenols is 2. The highest BCUT2D eigenvalue weighted by atomic mass is 16.3. The van der Waals surface area contributed by atoms with Gasteiger partial charge in [0.15, 0.2) is 11.5 Å². The van der Waals surface area contributed by atoms with Crippen LogP contribution in [0.4, 0.5) is 10.5 Å². The van der Waals surface area contributed by atoms with Gasteiger partial charge in [-0.15, -0.1) is 0 Å². The summed E-state index contributed by atoms with van der Waals surface area (Å²) in [6, 6.07) is 3.73. The summed E-state index contributed by atoms with van der Waals surface area (Å²) < 4.78 is 0. The van der Waals surface area contributed by atoms with E-state index >= 15 is 0 Å². The molecule has 0 aromatic heterocycles. The Morgan fingerprint density at radius 2 is 1.91 bits per heavy atom. The first kappa shape index (κ1) is 15.9. The smallest absolute Gasteiger partial charge is 0.319 e. The minimum Gasteiger partial charge on any atom is -0.504 e. The van der Waals surface area contributed by atoms with E-state index in [1.54, 1.807) is 0 Å². The van der Waals surface area contributed by atoms with Crippen molar-refractivity contribution in [2.75, 3.05) is 18.4 Å². The average molecular weight is 307 g/mol. The zero-order valence-electron chi connectivity index (χ0n) is 12.5. The van der Waals surface area contributed by atoms with Crippen LogP contribution in [0.1, 0.15) is 26.2 Å². The first-order chi connectivity index (χ1) is 10.5. The summed E-state index contributed by atoms with van der Waals surface area (Å²) in [5.41, 5.74) is 0.395. The van der Waals surface area contributed by atoms with Gasteiger partial charge in [0, 0.05) is 37.3 Å². The van der Waals surface area contributed by atoms with Crippen molar-refractivity contribution in [1.29, 1.82) is 0 Å². The maximum absolute atomic E-state index is 11.9. The van der Waals surface area contributed by atoms with Gasteiger partial charge in [-0.05, 0) is 25.0 Å². The molecular formula is C15H21N3O4. The number of carbonyl (C=O) groups excluding carboxylic acids is 2. The van der Waals surface area contributed by atoms with E-state index in [9.17, 15) is 19.8 Å². The van der Waals surface area contributed by atoms with E-state index in [-0.39, 0.29) is 29.5 Å². The van der Waals surface area contributed by atoms with E-state index in [4.69, 9.17) is 0 Å². The molecule has 7 nitrogen and oxygen atoms in total. The van der Waals surface area contributed by atoms with Crippen molar-refractivity contribution in [2.24, 2.45) is 0 Å². The quantitative estimate of drug-likeness (QED) is 0.503. The Morgan fingerprint density at radius 3 is 2.50 bits per heavy atom. The third-order valence-electron chi connectivity index (χ3n) is 3.72. The van der Waals surface area contributed by atoms with Gasteiger partial charge in [-0.3, -0.25) is 4.79 Å². The summed E-state index contributed by atoms with van der Waals surface area (Å²) in [4.78, 5) is 25.3. The zero-order valence-corrected chi connectivity index (χ0v) is 12.5. The second kappa shape index (κ2) is 7.02. The average Bonchev–Trinajstić information content (AvgIpc) is 2.51. The number of anilines is 1.